The van der Waals surface area contributed by atoms with Crippen molar-refractivity contribution in [3.8, 4) is 0 Å². The molecular formula is C18H27N3O2S. The number of nitrogens with zero attached hydrogens (tertiary/aromatic N) is 1. The number of primary amides is 1. The fourth-order valence-corrected chi connectivity index (χ4v) is 3.64. The predicted octanol–water partition coefficient (Wildman–Crippen LogP) is 1.75. The summed E-state index contributed by atoms with van der Waals surface area (Å²) in [4.78, 5) is 25.0. The van der Waals surface area contributed by atoms with Crippen LogP contribution in [0.2, 0.25) is 0 Å². The van der Waals surface area contributed by atoms with Gasteiger partial charge in [0.15, 0.2) is 0 Å². The van der Waals surface area contributed by atoms with Crippen molar-refractivity contribution in [1.29, 1.82) is 0 Å². The van der Waals surface area contributed by atoms with Crippen molar-refractivity contribution >= 4 is 23.6 Å². The second-order valence-corrected chi connectivity index (χ2v) is 7.47. The average molecular weight is 350 g/mol. The first-order valence-electron chi connectivity index (χ1n) is 8.46. The van der Waals surface area contributed by atoms with Gasteiger partial charge in [-0.3, -0.25) is 14.5 Å². The van der Waals surface area contributed by atoms with Crippen LogP contribution in [0.3, 0.4) is 0 Å². The summed E-state index contributed by atoms with van der Waals surface area (Å²) in [5.41, 5.74) is 7.50. The molecule has 2 amide bonds. The molecule has 0 saturated carbocycles. The van der Waals surface area contributed by atoms with Gasteiger partial charge in [0, 0.05) is 19.6 Å². The SMILES string of the molecule is CC1CCCN(Cc2ccccc2CNC(=O)CSCC(N)=O)C1. The van der Waals surface area contributed by atoms with Gasteiger partial charge < -0.3 is 11.1 Å². The Labute approximate surface area is 148 Å². The highest BCUT2D eigenvalue weighted by Gasteiger charge is 2.17. The van der Waals surface area contributed by atoms with Crippen molar-refractivity contribution in [3.05, 3.63) is 35.4 Å². The number of nitrogens with one attached hydrogen (secondary N) is 1. The van der Waals surface area contributed by atoms with Crippen molar-refractivity contribution < 1.29 is 9.59 Å². The van der Waals surface area contributed by atoms with E-state index in [4.69, 9.17) is 5.73 Å². The first-order valence-corrected chi connectivity index (χ1v) is 9.62. The van der Waals surface area contributed by atoms with Gasteiger partial charge in [-0.1, -0.05) is 31.2 Å². The van der Waals surface area contributed by atoms with Crippen LogP contribution in [0, 0.1) is 5.92 Å². The summed E-state index contributed by atoms with van der Waals surface area (Å²) in [5, 5.41) is 2.93. The first kappa shape index (κ1) is 18.8. The van der Waals surface area contributed by atoms with E-state index in [2.05, 4.69) is 35.3 Å². The molecule has 1 aromatic rings. The minimum Gasteiger partial charge on any atom is -0.369 e. The fraction of sp³-hybridized carbons (Fsp3) is 0.556. The van der Waals surface area contributed by atoms with Gasteiger partial charge in [0.2, 0.25) is 11.8 Å². The molecule has 0 spiro atoms. The summed E-state index contributed by atoms with van der Waals surface area (Å²) in [6.45, 7) is 6.06. The Balaban J connectivity index is 1.84. The van der Waals surface area contributed by atoms with Gasteiger partial charge in [-0.25, -0.2) is 0 Å². The quantitative estimate of drug-likeness (QED) is 0.750. The van der Waals surface area contributed by atoms with Crippen molar-refractivity contribution in [2.24, 2.45) is 11.7 Å². The largest absolute Gasteiger partial charge is 0.369 e. The lowest BCUT2D eigenvalue weighted by Gasteiger charge is -2.31. The van der Waals surface area contributed by atoms with E-state index in [1.165, 1.54) is 30.2 Å². The van der Waals surface area contributed by atoms with E-state index >= 15 is 0 Å². The Kier molecular flexibility index (Phi) is 7.59. The van der Waals surface area contributed by atoms with E-state index in [1.807, 2.05) is 6.07 Å². The monoisotopic (exact) mass is 349 g/mol. The minimum atomic E-state index is -0.395. The van der Waals surface area contributed by atoms with E-state index in [-0.39, 0.29) is 17.4 Å². The Morgan fingerprint density at radius 2 is 2.04 bits per heavy atom. The lowest BCUT2D eigenvalue weighted by Crippen LogP contribution is -2.34. The molecule has 2 rings (SSSR count). The molecule has 1 unspecified atom stereocenters. The normalized spacial score (nSPS) is 18.3. The number of amides is 2. The zero-order valence-corrected chi connectivity index (χ0v) is 15.1. The summed E-state index contributed by atoms with van der Waals surface area (Å²) >= 11 is 1.24. The second kappa shape index (κ2) is 9.69. The number of rotatable bonds is 8. The molecular weight excluding hydrogens is 322 g/mol. The fourth-order valence-electron chi connectivity index (χ4n) is 3.04. The van der Waals surface area contributed by atoms with Crippen LogP contribution in [0.15, 0.2) is 24.3 Å². The van der Waals surface area contributed by atoms with Crippen molar-refractivity contribution in [2.45, 2.75) is 32.9 Å². The number of likely N-dealkylation sites (tertiary alicyclic amines) is 1. The molecule has 5 nitrogen and oxygen atoms in total. The topological polar surface area (TPSA) is 75.4 Å². The molecule has 1 fully saturated rings. The maximum absolute atomic E-state index is 11.8. The molecule has 3 N–H and O–H groups in total. The first-order chi connectivity index (χ1) is 11.5. The van der Waals surface area contributed by atoms with E-state index < -0.39 is 5.91 Å². The van der Waals surface area contributed by atoms with Crippen molar-refractivity contribution in [2.75, 3.05) is 24.6 Å². The number of carbonyl (C=O) groups is 2. The van der Waals surface area contributed by atoms with Gasteiger partial charge in [0.05, 0.1) is 11.5 Å². The summed E-state index contributed by atoms with van der Waals surface area (Å²) in [7, 11) is 0. The summed E-state index contributed by atoms with van der Waals surface area (Å²) in [6, 6.07) is 8.27. The molecule has 1 aliphatic rings. The Hall–Kier alpha value is -1.53. The highest BCUT2D eigenvalue weighted by Crippen LogP contribution is 2.19. The van der Waals surface area contributed by atoms with E-state index in [0.717, 1.165) is 31.1 Å². The number of benzene rings is 1. The van der Waals surface area contributed by atoms with Gasteiger partial charge in [0.25, 0.3) is 0 Å². The predicted molar refractivity (Wildman–Crippen MR) is 98.5 cm³/mol. The standard InChI is InChI=1S/C18H27N3O2S/c1-14-5-4-8-21(10-14)11-16-7-3-2-6-15(16)9-20-18(23)13-24-12-17(19)22/h2-3,6-7,14H,4-5,8-13H2,1H3,(H2,19,22)(H,20,23). The smallest absolute Gasteiger partial charge is 0.230 e. The van der Waals surface area contributed by atoms with Crippen molar-refractivity contribution in [1.82, 2.24) is 10.2 Å². The lowest BCUT2D eigenvalue weighted by molar-refractivity contribution is -0.118. The van der Waals surface area contributed by atoms with Crippen LogP contribution in [0.5, 0.6) is 0 Å². The molecule has 0 bridgehead atoms. The van der Waals surface area contributed by atoms with Crippen LogP contribution in [0.25, 0.3) is 0 Å². The summed E-state index contributed by atoms with van der Waals surface area (Å²) < 4.78 is 0. The number of thioether (sulfide) groups is 1. The average Bonchev–Trinajstić information content (AvgIpc) is 2.54. The van der Waals surface area contributed by atoms with E-state index in [9.17, 15) is 9.59 Å². The number of hydrogen-bond donors (Lipinski definition) is 2. The van der Waals surface area contributed by atoms with Crippen LogP contribution >= 0.6 is 11.8 Å². The van der Waals surface area contributed by atoms with Crippen molar-refractivity contribution in [3.63, 3.8) is 0 Å². The molecule has 1 heterocycles. The zero-order chi connectivity index (χ0) is 17.4. The molecule has 1 aliphatic heterocycles. The van der Waals surface area contributed by atoms with Crippen LogP contribution in [-0.2, 0) is 22.7 Å². The van der Waals surface area contributed by atoms with Crippen LogP contribution < -0.4 is 11.1 Å². The lowest BCUT2D eigenvalue weighted by atomic mass is 9.99. The molecule has 0 aromatic heterocycles. The van der Waals surface area contributed by atoms with Gasteiger partial charge in [0.1, 0.15) is 0 Å². The third-order valence-corrected chi connectivity index (χ3v) is 5.16. The molecule has 1 saturated heterocycles. The van der Waals surface area contributed by atoms with E-state index in [0.29, 0.717) is 6.54 Å². The molecule has 0 aliphatic carbocycles. The Morgan fingerprint density at radius 3 is 2.75 bits per heavy atom. The Bertz CT molecular complexity index is 565. The third-order valence-electron chi connectivity index (χ3n) is 4.21. The van der Waals surface area contributed by atoms with Gasteiger partial charge in [-0.05, 0) is 36.4 Å². The summed E-state index contributed by atoms with van der Waals surface area (Å²) in [6.07, 6.45) is 2.58. The Morgan fingerprint density at radius 1 is 1.29 bits per heavy atom. The molecule has 0 radical (unpaired) electrons. The maximum atomic E-state index is 11.8. The molecule has 1 atom stereocenters. The van der Waals surface area contributed by atoms with Gasteiger partial charge in [-0.2, -0.15) is 0 Å². The second-order valence-electron chi connectivity index (χ2n) is 6.49. The highest BCUT2D eigenvalue weighted by molar-refractivity contribution is 8.00. The molecule has 132 valence electrons. The number of hydrogen-bond acceptors (Lipinski definition) is 4. The maximum Gasteiger partial charge on any atom is 0.230 e. The molecule has 1 aromatic carbocycles. The van der Waals surface area contributed by atoms with Crippen LogP contribution in [0.1, 0.15) is 30.9 Å². The van der Waals surface area contributed by atoms with Crippen LogP contribution in [0.4, 0.5) is 0 Å². The number of nitrogens with two attached hydrogens (primary N) is 1. The number of carbonyl (C=O) groups excluding carboxylic acids is 2. The van der Waals surface area contributed by atoms with Crippen LogP contribution in [-0.4, -0.2) is 41.3 Å². The zero-order valence-electron chi connectivity index (χ0n) is 14.3. The highest BCUT2D eigenvalue weighted by atomic mass is 32.2. The number of piperidine rings is 1. The summed E-state index contributed by atoms with van der Waals surface area (Å²) in [5.74, 6) is 0.732. The third kappa shape index (κ3) is 6.53. The molecule has 24 heavy (non-hydrogen) atoms. The van der Waals surface area contributed by atoms with Gasteiger partial charge >= 0.3 is 0 Å². The van der Waals surface area contributed by atoms with Gasteiger partial charge in [-0.15, -0.1) is 11.8 Å². The molecule has 6 heteroatoms. The van der Waals surface area contributed by atoms with E-state index in [1.54, 1.807) is 0 Å². The minimum absolute atomic E-state index is 0.0670.